The zero-order valence-corrected chi connectivity index (χ0v) is 9.94. The summed E-state index contributed by atoms with van der Waals surface area (Å²) in [6, 6.07) is 11.2. The standard InChI is InChI=1S/C14H8FNS/c1-8-6-9(7-16)13(15)12-10-4-2-3-5-11(10)17-14(8)12/h2-6H,1H3. The normalized spacial score (nSPS) is 10.9. The Hall–Kier alpha value is -1.92. The summed E-state index contributed by atoms with van der Waals surface area (Å²) in [5, 5.41) is 10.4. The highest BCUT2D eigenvalue weighted by molar-refractivity contribution is 7.26. The van der Waals surface area contributed by atoms with Gasteiger partial charge in [0.1, 0.15) is 11.9 Å². The Kier molecular flexibility index (Phi) is 2.13. The Balaban J connectivity index is 2.64. The van der Waals surface area contributed by atoms with Crippen molar-refractivity contribution in [1.29, 1.82) is 5.26 Å². The van der Waals surface area contributed by atoms with Crippen molar-refractivity contribution in [3.8, 4) is 6.07 Å². The summed E-state index contributed by atoms with van der Waals surface area (Å²) in [6.45, 7) is 1.91. The van der Waals surface area contributed by atoms with Crippen LogP contribution in [-0.4, -0.2) is 0 Å². The van der Waals surface area contributed by atoms with E-state index in [9.17, 15) is 4.39 Å². The number of benzene rings is 2. The molecule has 17 heavy (non-hydrogen) atoms. The molecule has 1 aromatic heterocycles. The van der Waals surface area contributed by atoms with E-state index in [1.165, 1.54) is 0 Å². The predicted molar refractivity (Wildman–Crippen MR) is 68.7 cm³/mol. The van der Waals surface area contributed by atoms with E-state index in [1.807, 2.05) is 37.3 Å². The van der Waals surface area contributed by atoms with Crippen LogP contribution in [0, 0.1) is 24.1 Å². The Morgan fingerprint density at radius 3 is 2.82 bits per heavy atom. The van der Waals surface area contributed by atoms with Gasteiger partial charge in [0.05, 0.1) is 5.56 Å². The molecule has 3 heteroatoms. The van der Waals surface area contributed by atoms with Gasteiger partial charge >= 0.3 is 0 Å². The van der Waals surface area contributed by atoms with Gasteiger partial charge in [0.25, 0.3) is 0 Å². The van der Waals surface area contributed by atoms with Crippen molar-refractivity contribution in [1.82, 2.24) is 0 Å². The first-order valence-electron chi connectivity index (χ1n) is 5.23. The van der Waals surface area contributed by atoms with Crippen molar-refractivity contribution in [3.05, 3.63) is 47.3 Å². The molecule has 0 radical (unpaired) electrons. The van der Waals surface area contributed by atoms with Gasteiger partial charge in [-0.15, -0.1) is 11.3 Å². The molecule has 0 fully saturated rings. The highest BCUT2D eigenvalue weighted by atomic mass is 32.1. The Morgan fingerprint density at radius 2 is 2.06 bits per heavy atom. The molecule has 0 saturated carbocycles. The minimum atomic E-state index is -0.398. The molecule has 0 atom stereocenters. The molecule has 0 aliphatic carbocycles. The van der Waals surface area contributed by atoms with Crippen LogP contribution in [0.25, 0.3) is 20.2 Å². The van der Waals surface area contributed by atoms with Gasteiger partial charge in [0.2, 0.25) is 0 Å². The fourth-order valence-corrected chi connectivity index (χ4v) is 3.27. The van der Waals surface area contributed by atoms with E-state index in [0.717, 1.165) is 20.3 Å². The largest absolute Gasteiger partial charge is 0.205 e. The summed E-state index contributed by atoms with van der Waals surface area (Å²) in [6.07, 6.45) is 0. The second-order valence-corrected chi connectivity index (χ2v) is 5.02. The minimum absolute atomic E-state index is 0.124. The third-order valence-electron chi connectivity index (χ3n) is 2.89. The summed E-state index contributed by atoms with van der Waals surface area (Å²) in [5.41, 5.74) is 1.08. The van der Waals surface area contributed by atoms with Crippen molar-refractivity contribution in [3.63, 3.8) is 0 Å². The second-order valence-electron chi connectivity index (χ2n) is 3.97. The van der Waals surface area contributed by atoms with Gasteiger partial charge in [0, 0.05) is 20.2 Å². The molecule has 0 aliphatic rings. The topological polar surface area (TPSA) is 23.8 Å². The average Bonchev–Trinajstić information content (AvgIpc) is 2.73. The summed E-state index contributed by atoms with van der Waals surface area (Å²) >= 11 is 1.57. The monoisotopic (exact) mass is 241 g/mol. The van der Waals surface area contributed by atoms with Crippen LogP contribution in [0.5, 0.6) is 0 Å². The zero-order chi connectivity index (χ0) is 12.0. The summed E-state index contributed by atoms with van der Waals surface area (Å²) in [5.74, 6) is -0.398. The lowest BCUT2D eigenvalue weighted by Crippen LogP contribution is -1.86. The Bertz CT molecular complexity index is 780. The van der Waals surface area contributed by atoms with Crippen LogP contribution < -0.4 is 0 Å². The number of hydrogen-bond acceptors (Lipinski definition) is 2. The summed E-state index contributed by atoms with van der Waals surface area (Å²) in [7, 11) is 0. The first-order chi connectivity index (χ1) is 8.22. The lowest BCUT2D eigenvalue weighted by Gasteiger charge is -2.00. The maximum atomic E-state index is 14.2. The van der Waals surface area contributed by atoms with E-state index in [0.29, 0.717) is 5.39 Å². The van der Waals surface area contributed by atoms with Gasteiger partial charge in [-0.25, -0.2) is 4.39 Å². The number of rotatable bonds is 0. The number of halogens is 1. The van der Waals surface area contributed by atoms with E-state index in [4.69, 9.17) is 5.26 Å². The van der Waals surface area contributed by atoms with E-state index in [2.05, 4.69) is 0 Å². The van der Waals surface area contributed by atoms with Gasteiger partial charge in [-0.3, -0.25) is 0 Å². The van der Waals surface area contributed by atoms with Crippen LogP contribution in [0.1, 0.15) is 11.1 Å². The van der Waals surface area contributed by atoms with Gasteiger partial charge in [-0.2, -0.15) is 5.26 Å². The molecule has 1 heterocycles. The van der Waals surface area contributed by atoms with Crippen LogP contribution in [0.15, 0.2) is 30.3 Å². The Morgan fingerprint density at radius 1 is 1.29 bits per heavy atom. The number of aryl methyl sites for hydroxylation is 1. The number of hydrogen-bond donors (Lipinski definition) is 0. The summed E-state index contributed by atoms with van der Waals surface area (Å²) in [4.78, 5) is 0. The number of fused-ring (bicyclic) bond motifs is 3. The predicted octanol–water partition coefficient (Wildman–Crippen LogP) is 4.37. The lowest BCUT2D eigenvalue weighted by atomic mass is 10.1. The SMILES string of the molecule is Cc1cc(C#N)c(F)c2c1sc1ccccc12. The zero-order valence-electron chi connectivity index (χ0n) is 9.12. The lowest BCUT2D eigenvalue weighted by molar-refractivity contribution is 0.637. The molecule has 0 unspecified atom stereocenters. The quantitative estimate of drug-likeness (QED) is 0.573. The molecule has 0 bridgehead atoms. The van der Waals surface area contributed by atoms with Gasteiger partial charge < -0.3 is 0 Å². The molecule has 0 amide bonds. The highest BCUT2D eigenvalue weighted by Crippen LogP contribution is 2.38. The maximum Gasteiger partial charge on any atom is 0.150 e. The first kappa shape index (κ1) is 10.2. The van der Waals surface area contributed by atoms with Crippen molar-refractivity contribution in [2.45, 2.75) is 6.92 Å². The molecule has 0 saturated heterocycles. The number of nitriles is 1. The fraction of sp³-hybridized carbons (Fsp3) is 0.0714. The van der Waals surface area contributed by atoms with E-state index < -0.39 is 5.82 Å². The van der Waals surface area contributed by atoms with E-state index in [-0.39, 0.29) is 5.56 Å². The first-order valence-corrected chi connectivity index (χ1v) is 6.04. The van der Waals surface area contributed by atoms with Gasteiger partial charge in [0.15, 0.2) is 0 Å². The van der Waals surface area contributed by atoms with Crippen molar-refractivity contribution in [2.24, 2.45) is 0 Å². The molecule has 3 aromatic rings. The maximum absolute atomic E-state index is 14.2. The van der Waals surface area contributed by atoms with E-state index in [1.54, 1.807) is 17.4 Å². The van der Waals surface area contributed by atoms with Gasteiger partial charge in [-0.1, -0.05) is 18.2 Å². The molecule has 2 aromatic carbocycles. The smallest absolute Gasteiger partial charge is 0.150 e. The molecule has 0 spiro atoms. The van der Waals surface area contributed by atoms with Crippen LogP contribution in [0.3, 0.4) is 0 Å². The van der Waals surface area contributed by atoms with Crippen LogP contribution in [0.4, 0.5) is 4.39 Å². The molecule has 1 nitrogen and oxygen atoms in total. The van der Waals surface area contributed by atoms with Crippen molar-refractivity contribution < 1.29 is 4.39 Å². The number of nitrogens with zero attached hydrogens (tertiary/aromatic N) is 1. The molecule has 3 rings (SSSR count). The van der Waals surface area contributed by atoms with Crippen LogP contribution in [-0.2, 0) is 0 Å². The third kappa shape index (κ3) is 1.35. The highest BCUT2D eigenvalue weighted by Gasteiger charge is 2.15. The fourth-order valence-electron chi connectivity index (χ4n) is 2.10. The Labute approximate surface area is 102 Å². The minimum Gasteiger partial charge on any atom is -0.205 e. The van der Waals surface area contributed by atoms with Crippen LogP contribution >= 0.6 is 11.3 Å². The number of thiophene rings is 1. The van der Waals surface area contributed by atoms with Crippen molar-refractivity contribution >= 4 is 31.5 Å². The molecular formula is C14H8FNS. The van der Waals surface area contributed by atoms with Crippen molar-refractivity contribution in [2.75, 3.05) is 0 Å². The summed E-state index contributed by atoms with van der Waals surface area (Å²) < 4.78 is 16.2. The second kappa shape index (κ2) is 3.54. The molecule has 82 valence electrons. The van der Waals surface area contributed by atoms with E-state index >= 15 is 0 Å². The van der Waals surface area contributed by atoms with Gasteiger partial charge in [-0.05, 0) is 24.6 Å². The molecule has 0 aliphatic heterocycles. The average molecular weight is 241 g/mol. The third-order valence-corrected chi connectivity index (χ3v) is 4.20. The molecular weight excluding hydrogens is 233 g/mol. The molecule has 0 N–H and O–H groups in total. The van der Waals surface area contributed by atoms with Crippen LogP contribution in [0.2, 0.25) is 0 Å².